The molecule has 0 saturated heterocycles. The lowest BCUT2D eigenvalue weighted by Crippen LogP contribution is -2.51. The molecule has 0 spiro atoms. The van der Waals surface area contributed by atoms with Crippen LogP contribution >= 0.6 is 0 Å². The molecule has 1 aromatic rings. The van der Waals surface area contributed by atoms with E-state index in [0.717, 1.165) is 17.7 Å². The summed E-state index contributed by atoms with van der Waals surface area (Å²) >= 11 is 0. The van der Waals surface area contributed by atoms with Gasteiger partial charge in [-0.2, -0.15) is 0 Å². The number of ether oxygens (including phenoxy) is 3. The van der Waals surface area contributed by atoms with Gasteiger partial charge < -0.3 is 14.2 Å². The molecule has 1 heterocycles. The van der Waals surface area contributed by atoms with Crippen molar-refractivity contribution in [3.63, 3.8) is 0 Å². The Balaban J connectivity index is 1.81. The number of carbonyl (C=O) groups is 1. The second-order valence-electron chi connectivity index (χ2n) is 5.77. The van der Waals surface area contributed by atoms with Crippen LogP contribution in [0.1, 0.15) is 25.8 Å². The minimum atomic E-state index is -0.440. The van der Waals surface area contributed by atoms with Gasteiger partial charge >= 0.3 is 0 Å². The Morgan fingerprint density at radius 2 is 2.16 bits per heavy atom. The van der Waals surface area contributed by atoms with Crippen LogP contribution in [0.25, 0.3) is 0 Å². The third kappa shape index (κ3) is 2.10. The van der Waals surface area contributed by atoms with Crippen LogP contribution in [0.4, 0.5) is 0 Å². The second kappa shape index (κ2) is 4.23. The number of hydrogen-bond acceptors (Lipinski definition) is 4. The molecule has 2 unspecified atom stereocenters. The van der Waals surface area contributed by atoms with Crippen LogP contribution in [-0.2, 0) is 16.0 Å². The molecule has 0 amide bonds. The van der Waals surface area contributed by atoms with Gasteiger partial charge in [0.2, 0.25) is 0 Å². The maximum Gasteiger partial charge on any atom is 0.169 e. The lowest BCUT2D eigenvalue weighted by Gasteiger charge is -2.34. The van der Waals surface area contributed by atoms with Crippen molar-refractivity contribution in [2.75, 3.05) is 7.11 Å². The second-order valence-corrected chi connectivity index (χ2v) is 5.77. The Bertz CT molecular complexity index is 521. The maximum atomic E-state index is 11.4. The van der Waals surface area contributed by atoms with Crippen LogP contribution in [0.2, 0.25) is 0 Å². The summed E-state index contributed by atoms with van der Waals surface area (Å²) in [7, 11) is 1.53. The van der Waals surface area contributed by atoms with Gasteiger partial charge in [-0.3, -0.25) is 4.79 Å². The predicted molar refractivity (Wildman–Crippen MR) is 69.7 cm³/mol. The lowest BCUT2D eigenvalue weighted by atomic mass is 9.90. The molecule has 1 aliphatic heterocycles. The van der Waals surface area contributed by atoms with Crippen molar-refractivity contribution in [3.8, 4) is 11.5 Å². The highest BCUT2D eigenvalue weighted by atomic mass is 16.6. The molecule has 1 aliphatic carbocycles. The molecule has 2 atom stereocenters. The number of benzene rings is 1. The quantitative estimate of drug-likeness (QED) is 0.837. The number of methoxy groups -OCH3 is 1. The van der Waals surface area contributed by atoms with E-state index in [1.165, 1.54) is 7.11 Å². The van der Waals surface area contributed by atoms with Gasteiger partial charge in [-0.05, 0) is 19.9 Å². The summed E-state index contributed by atoms with van der Waals surface area (Å²) in [5, 5.41) is 0. The fourth-order valence-electron chi connectivity index (χ4n) is 2.70. The van der Waals surface area contributed by atoms with Crippen LogP contribution in [0, 0.1) is 0 Å². The fraction of sp³-hybridized carbons (Fsp3) is 0.533. The molecular weight excluding hydrogens is 244 g/mol. The Labute approximate surface area is 112 Å². The van der Waals surface area contributed by atoms with Crippen molar-refractivity contribution in [2.45, 2.75) is 44.5 Å². The average molecular weight is 262 g/mol. The first-order valence-electron chi connectivity index (χ1n) is 6.53. The smallest absolute Gasteiger partial charge is 0.169 e. The molecule has 1 aromatic carbocycles. The standard InChI is InChI=1S/C15H18O4/c1-15(2)8-9-5-4-6-11(13(9)19-15)18-12-7-10(16)14(12)17-3/h4-6,12,14H,7-8H2,1-3H3. The summed E-state index contributed by atoms with van der Waals surface area (Å²) < 4.78 is 17.0. The molecule has 4 nitrogen and oxygen atoms in total. The summed E-state index contributed by atoms with van der Waals surface area (Å²) in [6.07, 6.45) is 0.643. The number of para-hydroxylation sites is 1. The number of carbonyl (C=O) groups excluding carboxylic acids is 1. The Kier molecular flexibility index (Phi) is 2.78. The molecule has 19 heavy (non-hydrogen) atoms. The van der Waals surface area contributed by atoms with E-state index >= 15 is 0 Å². The van der Waals surface area contributed by atoms with Crippen molar-refractivity contribution in [2.24, 2.45) is 0 Å². The first kappa shape index (κ1) is 12.5. The lowest BCUT2D eigenvalue weighted by molar-refractivity contribution is -0.151. The van der Waals surface area contributed by atoms with Gasteiger partial charge in [0.05, 0.1) is 0 Å². The number of ketones is 1. The van der Waals surface area contributed by atoms with Gasteiger partial charge in [0, 0.05) is 25.5 Å². The average Bonchev–Trinajstić information content (AvgIpc) is 2.63. The molecule has 0 bridgehead atoms. The first-order chi connectivity index (χ1) is 9.00. The molecule has 4 heteroatoms. The zero-order chi connectivity index (χ0) is 13.6. The molecular formula is C15H18O4. The zero-order valence-electron chi connectivity index (χ0n) is 11.4. The van der Waals surface area contributed by atoms with E-state index in [1.54, 1.807) is 0 Å². The molecule has 102 valence electrons. The largest absolute Gasteiger partial charge is 0.483 e. The van der Waals surface area contributed by atoms with Gasteiger partial charge in [0.25, 0.3) is 0 Å². The highest BCUT2D eigenvalue weighted by Gasteiger charge is 2.43. The fourth-order valence-corrected chi connectivity index (χ4v) is 2.70. The van der Waals surface area contributed by atoms with Gasteiger partial charge in [-0.15, -0.1) is 0 Å². The highest BCUT2D eigenvalue weighted by Crippen LogP contribution is 2.43. The van der Waals surface area contributed by atoms with Crippen LogP contribution in [0.5, 0.6) is 11.5 Å². The number of fused-ring (bicyclic) bond motifs is 1. The summed E-state index contributed by atoms with van der Waals surface area (Å²) in [4.78, 5) is 11.4. The van der Waals surface area contributed by atoms with Gasteiger partial charge in [0.1, 0.15) is 11.7 Å². The highest BCUT2D eigenvalue weighted by molar-refractivity contribution is 5.90. The Morgan fingerprint density at radius 3 is 2.84 bits per heavy atom. The van der Waals surface area contributed by atoms with E-state index in [2.05, 4.69) is 19.9 Å². The monoisotopic (exact) mass is 262 g/mol. The molecule has 2 aliphatic rings. The molecule has 1 fully saturated rings. The molecule has 0 radical (unpaired) electrons. The summed E-state index contributed by atoms with van der Waals surface area (Å²) in [5.74, 6) is 1.62. The third-order valence-electron chi connectivity index (χ3n) is 3.64. The van der Waals surface area contributed by atoms with Gasteiger partial charge in [-0.25, -0.2) is 0 Å². The minimum Gasteiger partial charge on any atom is -0.483 e. The molecule has 0 aromatic heterocycles. The van der Waals surface area contributed by atoms with Crippen molar-refractivity contribution in [1.82, 2.24) is 0 Å². The maximum absolute atomic E-state index is 11.4. The van der Waals surface area contributed by atoms with Crippen LogP contribution in [-0.4, -0.2) is 30.7 Å². The van der Waals surface area contributed by atoms with Crippen molar-refractivity contribution in [3.05, 3.63) is 23.8 Å². The van der Waals surface area contributed by atoms with E-state index in [9.17, 15) is 4.79 Å². The molecule has 0 N–H and O–H groups in total. The number of rotatable bonds is 3. The van der Waals surface area contributed by atoms with E-state index in [0.29, 0.717) is 12.2 Å². The van der Waals surface area contributed by atoms with Crippen LogP contribution < -0.4 is 9.47 Å². The topological polar surface area (TPSA) is 44.8 Å². The summed E-state index contributed by atoms with van der Waals surface area (Å²) in [6.45, 7) is 4.11. The number of hydrogen-bond donors (Lipinski definition) is 0. The van der Waals surface area contributed by atoms with Crippen LogP contribution in [0.3, 0.4) is 0 Å². The molecule has 3 rings (SSSR count). The third-order valence-corrected chi connectivity index (χ3v) is 3.64. The minimum absolute atomic E-state index is 0.0984. The Morgan fingerprint density at radius 1 is 1.37 bits per heavy atom. The summed E-state index contributed by atoms with van der Waals surface area (Å²) in [6, 6.07) is 5.90. The normalized spacial score (nSPS) is 27.4. The first-order valence-corrected chi connectivity index (χ1v) is 6.53. The van der Waals surface area contributed by atoms with E-state index in [-0.39, 0.29) is 17.5 Å². The van der Waals surface area contributed by atoms with E-state index < -0.39 is 6.10 Å². The SMILES string of the molecule is COC1C(=O)CC1Oc1cccc2c1OC(C)(C)C2. The van der Waals surface area contributed by atoms with Gasteiger partial charge in [0.15, 0.2) is 23.4 Å². The Hall–Kier alpha value is -1.55. The van der Waals surface area contributed by atoms with Crippen molar-refractivity contribution in [1.29, 1.82) is 0 Å². The van der Waals surface area contributed by atoms with E-state index in [4.69, 9.17) is 14.2 Å². The molecule has 1 saturated carbocycles. The van der Waals surface area contributed by atoms with Crippen molar-refractivity contribution >= 4 is 5.78 Å². The summed E-state index contributed by atoms with van der Waals surface area (Å²) in [5.41, 5.74) is 0.958. The van der Waals surface area contributed by atoms with Gasteiger partial charge in [-0.1, -0.05) is 12.1 Å². The van der Waals surface area contributed by atoms with Crippen molar-refractivity contribution < 1.29 is 19.0 Å². The van der Waals surface area contributed by atoms with Crippen LogP contribution in [0.15, 0.2) is 18.2 Å². The number of Topliss-reactive ketones (excluding diaryl/α,β-unsaturated/α-hetero) is 1. The van der Waals surface area contributed by atoms with E-state index in [1.807, 2.05) is 12.1 Å². The zero-order valence-corrected chi connectivity index (χ0v) is 11.4. The predicted octanol–water partition coefficient (Wildman–Crippen LogP) is 2.14.